The molecule has 4 heterocycles. The van der Waals surface area contributed by atoms with Crippen LogP contribution in [0.5, 0.6) is 11.5 Å². The highest BCUT2D eigenvalue weighted by molar-refractivity contribution is 7.16. The van der Waals surface area contributed by atoms with E-state index < -0.39 is 17.5 Å². The van der Waals surface area contributed by atoms with Crippen LogP contribution in [-0.4, -0.2) is 38.2 Å². The van der Waals surface area contributed by atoms with Gasteiger partial charge in [0.05, 0.1) is 12.2 Å². The van der Waals surface area contributed by atoms with Gasteiger partial charge in [-0.05, 0) is 31.0 Å². The highest BCUT2D eigenvalue weighted by atomic mass is 32.1. The van der Waals surface area contributed by atoms with Gasteiger partial charge in [0, 0.05) is 6.07 Å². The van der Waals surface area contributed by atoms with Crippen LogP contribution in [0.3, 0.4) is 0 Å². The number of carbonyl (C=O) groups is 2. The number of nitrogens with zero attached hydrogens (tertiary/aromatic N) is 4. The monoisotopic (exact) mass is 427 g/mol. The summed E-state index contributed by atoms with van der Waals surface area (Å²) in [5, 5.41) is 7.73. The van der Waals surface area contributed by atoms with E-state index in [0.29, 0.717) is 34.1 Å². The van der Waals surface area contributed by atoms with Crippen LogP contribution in [0, 0.1) is 0 Å². The molecule has 1 fully saturated rings. The number of carbonyl (C=O) groups excluding carboxylic acids is 2. The summed E-state index contributed by atoms with van der Waals surface area (Å²) in [5.41, 5.74) is -0.718. The predicted molar refractivity (Wildman–Crippen MR) is 106 cm³/mol. The Hall–Kier alpha value is -3.47. The van der Waals surface area contributed by atoms with Crippen molar-refractivity contribution in [1.82, 2.24) is 24.8 Å². The van der Waals surface area contributed by atoms with Crippen molar-refractivity contribution in [2.24, 2.45) is 0 Å². The number of hydrogen-bond donors (Lipinski definition) is 1. The maximum atomic E-state index is 13.2. The molecule has 0 bridgehead atoms. The van der Waals surface area contributed by atoms with Crippen molar-refractivity contribution in [2.45, 2.75) is 32.4 Å². The molecule has 3 amide bonds. The third-order valence-corrected chi connectivity index (χ3v) is 6.24. The Morgan fingerprint density at radius 2 is 2.00 bits per heavy atom. The zero-order valence-corrected chi connectivity index (χ0v) is 17.0. The number of fused-ring (bicyclic) bond motifs is 2. The lowest BCUT2D eigenvalue weighted by molar-refractivity contribution is -0.131. The summed E-state index contributed by atoms with van der Waals surface area (Å²) in [6.45, 7) is 3.57. The van der Waals surface area contributed by atoms with Gasteiger partial charge in [-0.1, -0.05) is 24.3 Å². The van der Waals surface area contributed by atoms with Crippen LogP contribution in [0.4, 0.5) is 4.79 Å². The molecule has 1 saturated heterocycles. The van der Waals surface area contributed by atoms with Crippen molar-refractivity contribution < 1.29 is 19.1 Å². The van der Waals surface area contributed by atoms with Crippen molar-refractivity contribution in [3.8, 4) is 11.5 Å². The number of ether oxygens (including phenoxy) is 2. The molecule has 2 aliphatic rings. The van der Waals surface area contributed by atoms with Gasteiger partial charge in [-0.3, -0.25) is 14.5 Å². The van der Waals surface area contributed by atoms with Crippen LogP contribution >= 0.6 is 11.3 Å². The third kappa shape index (κ3) is 2.73. The number of aromatic nitrogens is 3. The van der Waals surface area contributed by atoms with Crippen molar-refractivity contribution in [1.29, 1.82) is 0 Å². The van der Waals surface area contributed by atoms with Gasteiger partial charge in [-0.15, -0.1) is 0 Å². The highest BCUT2D eigenvalue weighted by Crippen LogP contribution is 2.38. The highest BCUT2D eigenvalue weighted by Gasteiger charge is 2.49. The minimum Gasteiger partial charge on any atom is -0.454 e. The smallest absolute Gasteiger partial charge is 0.325 e. The molecule has 10 nitrogen and oxygen atoms in total. The summed E-state index contributed by atoms with van der Waals surface area (Å²) in [4.78, 5) is 44.1. The zero-order chi connectivity index (χ0) is 21.0. The number of aryl methyl sites for hydroxylation is 1. The van der Waals surface area contributed by atoms with Crippen molar-refractivity contribution in [3.63, 3.8) is 0 Å². The van der Waals surface area contributed by atoms with Gasteiger partial charge in [-0.2, -0.15) is 9.61 Å². The van der Waals surface area contributed by atoms with E-state index in [0.717, 1.165) is 9.91 Å². The minimum absolute atomic E-state index is 0.114. The number of amides is 3. The van der Waals surface area contributed by atoms with Gasteiger partial charge in [0.25, 0.3) is 11.5 Å². The quantitative estimate of drug-likeness (QED) is 0.626. The Morgan fingerprint density at radius 1 is 1.20 bits per heavy atom. The molecule has 1 aromatic carbocycles. The number of benzene rings is 1. The largest absolute Gasteiger partial charge is 0.454 e. The first-order valence-corrected chi connectivity index (χ1v) is 10.1. The van der Waals surface area contributed by atoms with Gasteiger partial charge in [0.2, 0.25) is 11.8 Å². The van der Waals surface area contributed by atoms with Crippen LogP contribution in [0.1, 0.15) is 30.1 Å². The second kappa shape index (κ2) is 6.52. The lowest BCUT2D eigenvalue weighted by Gasteiger charge is -2.22. The van der Waals surface area contributed by atoms with E-state index in [1.165, 1.54) is 21.9 Å². The Balaban J connectivity index is 1.46. The van der Waals surface area contributed by atoms with E-state index in [1.54, 1.807) is 25.1 Å². The van der Waals surface area contributed by atoms with Crippen molar-refractivity contribution >= 4 is 28.2 Å². The van der Waals surface area contributed by atoms with E-state index in [1.807, 2.05) is 6.92 Å². The second-order valence-electron chi connectivity index (χ2n) is 7.14. The molecule has 2 aliphatic heterocycles. The van der Waals surface area contributed by atoms with Gasteiger partial charge in [0.1, 0.15) is 10.5 Å². The average Bonchev–Trinajstić information content (AvgIpc) is 3.41. The molecule has 0 saturated carbocycles. The van der Waals surface area contributed by atoms with E-state index in [4.69, 9.17) is 9.47 Å². The van der Waals surface area contributed by atoms with Crippen LogP contribution < -0.4 is 20.3 Å². The first-order valence-electron chi connectivity index (χ1n) is 9.32. The molecule has 1 N–H and O–H groups in total. The fourth-order valence-electron chi connectivity index (χ4n) is 3.53. The molecule has 2 aromatic heterocycles. The van der Waals surface area contributed by atoms with Crippen molar-refractivity contribution in [3.05, 3.63) is 50.9 Å². The number of nitrogens with one attached hydrogen (secondary N) is 1. The lowest BCUT2D eigenvalue weighted by Crippen LogP contribution is -2.40. The zero-order valence-electron chi connectivity index (χ0n) is 16.2. The molecule has 5 rings (SSSR count). The van der Waals surface area contributed by atoms with Crippen molar-refractivity contribution in [2.75, 3.05) is 6.79 Å². The second-order valence-corrected chi connectivity index (χ2v) is 8.18. The summed E-state index contributed by atoms with van der Waals surface area (Å²) >= 11 is 1.30. The molecule has 11 heteroatoms. The molecule has 30 heavy (non-hydrogen) atoms. The summed E-state index contributed by atoms with van der Waals surface area (Å²) in [6, 6.07) is 5.85. The van der Waals surface area contributed by atoms with Gasteiger partial charge < -0.3 is 14.8 Å². The Morgan fingerprint density at radius 3 is 2.80 bits per heavy atom. The number of hydrogen-bond acceptors (Lipinski definition) is 8. The fourth-order valence-corrected chi connectivity index (χ4v) is 4.38. The normalized spacial score (nSPS) is 20.3. The van der Waals surface area contributed by atoms with E-state index in [2.05, 4.69) is 15.4 Å². The van der Waals surface area contributed by atoms with Crippen LogP contribution in [-0.2, 0) is 23.3 Å². The average molecular weight is 427 g/mol. The molecule has 1 atom stereocenters. The number of imide groups is 1. The number of urea groups is 1. The summed E-state index contributed by atoms with van der Waals surface area (Å²) in [6.07, 6.45) is 0.684. The Bertz CT molecular complexity index is 1270. The number of rotatable bonds is 4. The SMILES string of the molecule is CCc1nn2c(=O)cc(CN3C(=O)NC(C)(c4ccc5c(c4)OCO5)C3=O)nc2s1. The molecular formula is C19H17N5O5S. The standard InChI is InChI=1S/C19H17N5O5S/c1-3-14-22-24-15(25)7-11(20-18(24)30-14)8-23-16(26)19(2,21-17(23)27)10-4-5-12-13(6-10)29-9-28-12/h4-7H,3,8-9H2,1-2H3,(H,21,27). The molecule has 1 unspecified atom stereocenters. The van der Waals surface area contributed by atoms with Crippen LogP contribution in [0.15, 0.2) is 29.1 Å². The van der Waals surface area contributed by atoms with E-state index in [-0.39, 0.29) is 18.9 Å². The molecule has 3 aromatic rings. The molecular weight excluding hydrogens is 410 g/mol. The van der Waals surface area contributed by atoms with Gasteiger partial charge in [-0.25, -0.2) is 9.78 Å². The predicted octanol–water partition coefficient (Wildman–Crippen LogP) is 1.41. The topological polar surface area (TPSA) is 115 Å². The lowest BCUT2D eigenvalue weighted by atomic mass is 9.91. The molecule has 154 valence electrons. The first kappa shape index (κ1) is 18.6. The van der Waals surface area contributed by atoms with Crippen LogP contribution in [0.2, 0.25) is 0 Å². The maximum Gasteiger partial charge on any atom is 0.325 e. The fraction of sp³-hybridized carbons (Fsp3) is 0.316. The summed E-state index contributed by atoms with van der Waals surface area (Å²) in [7, 11) is 0. The Labute approximate surface area is 174 Å². The van der Waals surface area contributed by atoms with Gasteiger partial charge in [0.15, 0.2) is 11.5 Å². The molecule has 0 spiro atoms. The van der Waals surface area contributed by atoms with E-state index in [9.17, 15) is 14.4 Å². The summed E-state index contributed by atoms with van der Waals surface area (Å²) in [5.74, 6) is 0.670. The summed E-state index contributed by atoms with van der Waals surface area (Å²) < 4.78 is 11.9. The van der Waals surface area contributed by atoms with E-state index >= 15 is 0 Å². The van der Waals surface area contributed by atoms with Crippen LogP contribution in [0.25, 0.3) is 4.96 Å². The van der Waals surface area contributed by atoms with Gasteiger partial charge >= 0.3 is 6.03 Å². The first-order chi connectivity index (χ1) is 14.4. The third-order valence-electron chi connectivity index (χ3n) is 5.19. The molecule has 0 radical (unpaired) electrons. The Kier molecular flexibility index (Phi) is 4.03. The minimum atomic E-state index is -1.27. The maximum absolute atomic E-state index is 13.2. The molecule has 0 aliphatic carbocycles.